The fourth-order valence-corrected chi connectivity index (χ4v) is 2.01. The van der Waals surface area contributed by atoms with Gasteiger partial charge in [-0.05, 0) is 33.5 Å². The number of likely N-dealkylation sites (N-methyl/N-ethyl adjacent to an activating group) is 1. The summed E-state index contributed by atoms with van der Waals surface area (Å²) in [4.78, 5) is 15.6. The van der Waals surface area contributed by atoms with Gasteiger partial charge in [0.2, 0.25) is 0 Å². The van der Waals surface area contributed by atoms with Gasteiger partial charge in [-0.15, -0.1) is 0 Å². The lowest BCUT2D eigenvalue weighted by atomic mass is 10.0. The minimum Gasteiger partial charge on any atom is -0.469 e. The topological polar surface area (TPSA) is 32.8 Å². The van der Waals surface area contributed by atoms with Crippen LogP contribution in [0, 0.1) is 0 Å². The standard InChI is InChI=1S/C11H22N2O2/c1-12(2)10-5-4-7-13(9-10)8-6-11(14)15-3/h10H,4-9H2,1-3H3. The molecule has 88 valence electrons. The molecule has 4 heteroatoms. The van der Waals surface area contributed by atoms with E-state index in [-0.39, 0.29) is 5.97 Å². The molecule has 1 heterocycles. The molecule has 0 aromatic rings. The molecular formula is C11H22N2O2. The van der Waals surface area contributed by atoms with Gasteiger partial charge in [0.1, 0.15) is 0 Å². The lowest BCUT2D eigenvalue weighted by Crippen LogP contribution is -2.45. The molecular weight excluding hydrogens is 192 g/mol. The van der Waals surface area contributed by atoms with Crippen LogP contribution < -0.4 is 0 Å². The van der Waals surface area contributed by atoms with Gasteiger partial charge in [-0.3, -0.25) is 4.79 Å². The Bertz CT molecular complexity index is 207. The third kappa shape index (κ3) is 4.18. The van der Waals surface area contributed by atoms with E-state index in [0.29, 0.717) is 12.5 Å². The van der Waals surface area contributed by atoms with E-state index >= 15 is 0 Å². The molecule has 0 saturated carbocycles. The molecule has 0 aromatic carbocycles. The lowest BCUT2D eigenvalue weighted by Gasteiger charge is -2.35. The summed E-state index contributed by atoms with van der Waals surface area (Å²) in [6.45, 7) is 3.02. The first kappa shape index (κ1) is 12.5. The molecule has 1 saturated heterocycles. The normalized spacial score (nSPS) is 23.1. The first-order valence-corrected chi connectivity index (χ1v) is 5.59. The highest BCUT2D eigenvalue weighted by molar-refractivity contribution is 5.69. The summed E-state index contributed by atoms with van der Waals surface area (Å²) < 4.78 is 4.64. The molecule has 0 aromatic heterocycles. The van der Waals surface area contributed by atoms with Gasteiger partial charge >= 0.3 is 5.97 Å². The van der Waals surface area contributed by atoms with E-state index in [9.17, 15) is 4.79 Å². The van der Waals surface area contributed by atoms with Crippen LogP contribution in [-0.2, 0) is 9.53 Å². The van der Waals surface area contributed by atoms with Gasteiger partial charge in [0.25, 0.3) is 0 Å². The number of methoxy groups -OCH3 is 1. The van der Waals surface area contributed by atoms with Gasteiger partial charge in [-0.2, -0.15) is 0 Å². The van der Waals surface area contributed by atoms with E-state index < -0.39 is 0 Å². The maximum Gasteiger partial charge on any atom is 0.306 e. The van der Waals surface area contributed by atoms with Crippen LogP contribution in [0.5, 0.6) is 0 Å². The van der Waals surface area contributed by atoms with Gasteiger partial charge in [-0.1, -0.05) is 0 Å². The summed E-state index contributed by atoms with van der Waals surface area (Å²) in [5, 5.41) is 0. The summed E-state index contributed by atoms with van der Waals surface area (Å²) in [5.74, 6) is -0.109. The predicted octanol–water partition coefficient (Wildman–Crippen LogP) is 0.575. The molecule has 1 unspecified atom stereocenters. The van der Waals surface area contributed by atoms with E-state index in [4.69, 9.17) is 0 Å². The predicted molar refractivity (Wildman–Crippen MR) is 59.8 cm³/mol. The molecule has 1 rings (SSSR count). The monoisotopic (exact) mass is 214 g/mol. The number of likely N-dealkylation sites (tertiary alicyclic amines) is 1. The molecule has 0 N–H and O–H groups in total. The zero-order valence-electron chi connectivity index (χ0n) is 10.0. The first-order valence-electron chi connectivity index (χ1n) is 5.59. The van der Waals surface area contributed by atoms with Crippen molar-refractivity contribution in [1.29, 1.82) is 0 Å². The van der Waals surface area contributed by atoms with Crippen LogP contribution in [0.3, 0.4) is 0 Å². The van der Waals surface area contributed by atoms with E-state index in [2.05, 4.69) is 28.6 Å². The summed E-state index contributed by atoms with van der Waals surface area (Å²) in [6, 6.07) is 0.636. The van der Waals surface area contributed by atoms with Crippen LogP contribution in [0.2, 0.25) is 0 Å². The first-order chi connectivity index (χ1) is 7.13. The maximum atomic E-state index is 11.0. The molecule has 0 spiro atoms. The molecule has 1 atom stereocenters. The number of ether oxygens (including phenoxy) is 1. The Kier molecular flexibility index (Phi) is 5.05. The Morgan fingerprint density at radius 3 is 2.87 bits per heavy atom. The molecule has 4 nitrogen and oxygen atoms in total. The maximum absolute atomic E-state index is 11.0. The van der Waals surface area contributed by atoms with Crippen molar-refractivity contribution in [3.05, 3.63) is 0 Å². The van der Waals surface area contributed by atoms with E-state index in [1.165, 1.54) is 20.0 Å². The number of rotatable bonds is 4. The van der Waals surface area contributed by atoms with Crippen LogP contribution in [-0.4, -0.2) is 62.7 Å². The van der Waals surface area contributed by atoms with Gasteiger partial charge in [0.05, 0.1) is 13.5 Å². The van der Waals surface area contributed by atoms with Crippen molar-refractivity contribution in [3.63, 3.8) is 0 Å². The smallest absolute Gasteiger partial charge is 0.306 e. The molecule has 0 aliphatic carbocycles. The van der Waals surface area contributed by atoms with Gasteiger partial charge in [0, 0.05) is 19.1 Å². The number of hydrogen-bond donors (Lipinski definition) is 0. The van der Waals surface area contributed by atoms with Crippen molar-refractivity contribution in [2.24, 2.45) is 0 Å². The molecule has 0 radical (unpaired) electrons. The lowest BCUT2D eigenvalue weighted by molar-refractivity contribution is -0.141. The Hall–Kier alpha value is -0.610. The Balaban J connectivity index is 2.27. The summed E-state index contributed by atoms with van der Waals surface area (Å²) >= 11 is 0. The molecule has 0 bridgehead atoms. The SMILES string of the molecule is COC(=O)CCN1CCCC(N(C)C)C1. The van der Waals surface area contributed by atoms with E-state index in [1.54, 1.807) is 0 Å². The second kappa shape index (κ2) is 6.08. The highest BCUT2D eigenvalue weighted by atomic mass is 16.5. The van der Waals surface area contributed by atoms with Crippen molar-refractivity contribution in [3.8, 4) is 0 Å². The summed E-state index contributed by atoms with van der Waals surface area (Å²) in [7, 11) is 5.68. The highest BCUT2D eigenvalue weighted by Gasteiger charge is 2.21. The average molecular weight is 214 g/mol. The Morgan fingerprint density at radius 2 is 2.27 bits per heavy atom. The van der Waals surface area contributed by atoms with E-state index in [0.717, 1.165) is 19.6 Å². The minimum absolute atomic E-state index is 0.109. The fraction of sp³-hybridized carbons (Fsp3) is 0.909. The summed E-state index contributed by atoms with van der Waals surface area (Å²) in [6.07, 6.45) is 3.00. The van der Waals surface area contributed by atoms with Crippen LogP contribution in [0.15, 0.2) is 0 Å². The zero-order chi connectivity index (χ0) is 11.3. The Morgan fingerprint density at radius 1 is 1.53 bits per heavy atom. The fourth-order valence-electron chi connectivity index (χ4n) is 2.01. The van der Waals surface area contributed by atoms with Crippen LogP contribution in [0.1, 0.15) is 19.3 Å². The molecule has 15 heavy (non-hydrogen) atoms. The highest BCUT2D eigenvalue weighted by Crippen LogP contribution is 2.13. The largest absolute Gasteiger partial charge is 0.469 e. The number of carbonyl (C=O) groups is 1. The number of hydrogen-bond acceptors (Lipinski definition) is 4. The van der Waals surface area contributed by atoms with Crippen LogP contribution >= 0.6 is 0 Å². The third-order valence-corrected chi connectivity index (χ3v) is 3.07. The van der Waals surface area contributed by atoms with Crippen molar-refractivity contribution >= 4 is 5.97 Å². The second-order valence-electron chi connectivity index (χ2n) is 4.39. The second-order valence-corrected chi connectivity index (χ2v) is 4.39. The van der Waals surface area contributed by atoms with Crippen LogP contribution in [0.25, 0.3) is 0 Å². The molecule has 1 aliphatic rings. The van der Waals surface area contributed by atoms with Gasteiger partial charge in [-0.25, -0.2) is 0 Å². The number of carbonyl (C=O) groups excluding carboxylic acids is 1. The van der Waals surface area contributed by atoms with Crippen molar-refractivity contribution in [1.82, 2.24) is 9.80 Å². The van der Waals surface area contributed by atoms with Gasteiger partial charge < -0.3 is 14.5 Å². The van der Waals surface area contributed by atoms with Crippen molar-refractivity contribution < 1.29 is 9.53 Å². The number of nitrogens with zero attached hydrogens (tertiary/aromatic N) is 2. The number of esters is 1. The zero-order valence-corrected chi connectivity index (χ0v) is 10.0. The third-order valence-electron chi connectivity index (χ3n) is 3.07. The average Bonchev–Trinajstić information content (AvgIpc) is 2.26. The van der Waals surface area contributed by atoms with Crippen molar-refractivity contribution in [2.75, 3.05) is 40.8 Å². The number of piperidine rings is 1. The van der Waals surface area contributed by atoms with Crippen molar-refractivity contribution in [2.45, 2.75) is 25.3 Å². The summed E-state index contributed by atoms with van der Waals surface area (Å²) in [5.41, 5.74) is 0. The Labute approximate surface area is 92.2 Å². The quantitative estimate of drug-likeness (QED) is 0.641. The van der Waals surface area contributed by atoms with Gasteiger partial charge in [0.15, 0.2) is 0 Å². The molecule has 1 aliphatic heterocycles. The van der Waals surface area contributed by atoms with E-state index in [1.807, 2.05) is 0 Å². The minimum atomic E-state index is -0.109. The molecule has 1 fully saturated rings. The van der Waals surface area contributed by atoms with Crippen LogP contribution in [0.4, 0.5) is 0 Å². The molecule has 0 amide bonds.